The lowest BCUT2D eigenvalue weighted by molar-refractivity contribution is 0.220. The maximum atomic E-state index is 13.4. The molecule has 1 atom stereocenters. The van der Waals surface area contributed by atoms with Crippen molar-refractivity contribution in [2.75, 3.05) is 13.1 Å². The molecule has 0 spiro atoms. The second-order valence-corrected chi connectivity index (χ2v) is 5.07. The Kier molecular flexibility index (Phi) is 11.9. The predicted octanol–water partition coefficient (Wildman–Crippen LogP) is 3.70. The molecule has 0 aliphatic carbocycles. The van der Waals surface area contributed by atoms with Crippen molar-refractivity contribution in [1.82, 2.24) is 5.32 Å². The number of hydrogen-bond donors (Lipinski definition) is 2. The highest BCUT2D eigenvalue weighted by Gasteiger charge is 2.07. The Morgan fingerprint density at radius 1 is 1.32 bits per heavy atom. The zero-order valence-corrected chi connectivity index (χ0v) is 15.7. The lowest BCUT2D eigenvalue weighted by Crippen LogP contribution is -2.33. The van der Waals surface area contributed by atoms with Gasteiger partial charge < -0.3 is 15.8 Å². The summed E-state index contributed by atoms with van der Waals surface area (Å²) in [5.41, 5.74) is 5.77. The van der Waals surface area contributed by atoms with E-state index in [0.717, 1.165) is 13.0 Å². The van der Waals surface area contributed by atoms with Crippen LogP contribution in [0.15, 0.2) is 29.3 Å². The molecule has 1 aromatic rings. The fourth-order valence-electron chi connectivity index (χ4n) is 1.85. The standard InChI is InChI=1S/C16H26FN3O.HI/c1-3-4-5-8-11-19-16(18)20-12-13(2)21-15-10-7-6-9-14(15)17;/h6-7,9-10,13H,3-5,8,11-12H2,1-2H3,(H3,18,19,20);1H. The fourth-order valence-corrected chi connectivity index (χ4v) is 1.85. The lowest BCUT2D eigenvalue weighted by atomic mass is 10.2. The predicted molar refractivity (Wildman–Crippen MR) is 101 cm³/mol. The van der Waals surface area contributed by atoms with E-state index in [1.807, 2.05) is 6.92 Å². The van der Waals surface area contributed by atoms with Crippen LogP contribution < -0.4 is 15.8 Å². The molecule has 126 valence electrons. The summed E-state index contributed by atoms with van der Waals surface area (Å²) >= 11 is 0. The van der Waals surface area contributed by atoms with Crippen molar-refractivity contribution in [1.29, 1.82) is 0 Å². The molecule has 1 rings (SSSR count). The van der Waals surface area contributed by atoms with E-state index in [9.17, 15) is 4.39 Å². The molecule has 1 aromatic carbocycles. The lowest BCUT2D eigenvalue weighted by Gasteiger charge is -2.13. The van der Waals surface area contributed by atoms with Gasteiger partial charge in [-0.1, -0.05) is 38.3 Å². The van der Waals surface area contributed by atoms with Gasteiger partial charge in [0, 0.05) is 6.54 Å². The first kappa shape index (κ1) is 20.9. The smallest absolute Gasteiger partial charge is 0.188 e. The van der Waals surface area contributed by atoms with E-state index in [-0.39, 0.29) is 41.6 Å². The maximum absolute atomic E-state index is 13.4. The second-order valence-electron chi connectivity index (χ2n) is 5.07. The van der Waals surface area contributed by atoms with Crippen LogP contribution in [0.25, 0.3) is 0 Å². The van der Waals surface area contributed by atoms with Gasteiger partial charge in [0.25, 0.3) is 0 Å². The van der Waals surface area contributed by atoms with Crippen LogP contribution in [0, 0.1) is 5.82 Å². The Hall–Kier alpha value is -1.05. The van der Waals surface area contributed by atoms with Crippen LogP contribution in [0.5, 0.6) is 5.75 Å². The summed E-state index contributed by atoms with van der Waals surface area (Å²) in [4.78, 5) is 4.20. The van der Waals surface area contributed by atoms with Gasteiger partial charge in [0.15, 0.2) is 17.5 Å². The first-order chi connectivity index (χ1) is 10.1. The average Bonchev–Trinajstić information content (AvgIpc) is 2.47. The number of unbranched alkanes of at least 4 members (excludes halogenated alkanes) is 3. The van der Waals surface area contributed by atoms with Crippen LogP contribution in [0.4, 0.5) is 4.39 Å². The minimum Gasteiger partial charge on any atom is -0.486 e. The van der Waals surface area contributed by atoms with Crippen LogP contribution in [-0.4, -0.2) is 25.2 Å². The fraction of sp³-hybridized carbons (Fsp3) is 0.562. The Bertz CT molecular complexity index is 443. The quantitative estimate of drug-likeness (QED) is 0.276. The van der Waals surface area contributed by atoms with Crippen molar-refractivity contribution in [3.05, 3.63) is 30.1 Å². The molecule has 0 bridgehead atoms. The zero-order valence-electron chi connectivity index (χ0n) is 13.3. The summed E-state index contributed by atoms with van der Waals surface area (Å²) in [5.74, 6) is 0.289. The van der Waals surface area contributed by atoms with Gasteiger partial charge in [0.2, 0.25) is 0 Å². The van der Waals surface area contributed by atoms with Crippen LogP contribution >= 0.6 is 24.0 Å². The number of halogens is 2. The molecule has 6 heteroatoms. The third-order valence-corrected chi connectivity index (χ3v) is 3.02. The molecule has 22 heavy (non-hydrogen) atoms. The van der Waals surface area contributed by atoms with E-state index in [1.54, 1.807) is 18.2 Å². The summed E-state index contributed by atoms with van der Waals surface area (Å²) in [6.07, 6.45) is 4.51. The largest absolute Gasteiger partial charge is 0.486 e. The summed E-state index contributed by atoms with van der Waals surface area (Å²) < 4.78 is 18.9. The number of ether oxygens (including phenoxy) is 1. The Morgan fingerprint density at radius 2 is 2.05 bits per heavy atom. The van der Waals surface area contributed by atoms with Crippen LogP contribution in [0.2, 0.25) is 0 Å². The molecule has 3 N–H and O–H groups in total. The SMILES string of the molecule is CCCCCCNC(N)=NCC(C)Oc1ccccc1F.I. The number of guanidine groups is 1. The van der Waals surface area contributed by atoms with Crippen molar-refractivity contribution in [2.45, 2.75) is 45.6 Å². The molecule has 0 amide bonds. The highest BCUT2D eigenvalue weighted by atomic mass is 127. The molecular weight excluding hydrogens is 396 g/mol. The topological polar surface area (TPSA) is 59.6 Å². The molecule has 0 saturated carbocycles. The minimum absolute atomic E-state index is 0. The van der Waals surface area contributed by atoms with E-state index in [4.69, 9.17) is 10.5 Å². The monoisotopic (exact) mass is 423 g/mol. The number of aliphatic imine (C=N–C) groups is 1. The van der Waals surface area contributed by atoms with Gasteiger partial charge in [0.05, 0.1) is 6.54 Å². The number of hydrogen-bond acceptors (Lipinski definition) is 2. The normalized spacial score (nSPS) is 12.4. The van der Waals surface area contributed by atoms with Crippen molar-refractivity contribution >= 4 is 29.9 Å². The Balaban J connectivity index is 0.00000441. The van der Waals surface area contributed by atoms with Gasteiger partial charge >= 0.3 is 0 Å². The van der Waals surface area contributed by atoms with E-state index < -0.39 is 0 Å². The zero-order chi connectivity index (χ0) is 15.5. The summed E-state index contributed by atoms with van der Waals surface area (Å²) in [6.45, 7) is 5.24. The molecule has 0 aliphatic heterocycles. The number of nitrogens with one attached hydrogen (secondary N) is 1. The third kappa shape index (κ3) is 9.07. The van der Waals surface area contributed by atoms with Crippen molar-refractivity contribution < 1.29 is 9.13 Å². The number of para-hydroxylation sites is 1. The Labute approximate surface area is 149 Å². The molecule has 0 heterocycles. The Morgan fingerprint density at radius 3 is 2.73 bits per heavy atom. The van der Waals surface area contributed by atoms with Gasteiger partial charge in [-0.3, -0.25) is 0 Å². The average molecular weight is 423 g/mol. The summed E-state index contributed by atoms with van der Waals surface area (Å²) in [5, 5.41) is 3.07. The molecule has 0 saturated heterocycles. The van der Waals surface area contributed by atoms with Gasteiger partial charge in [-0.2, -0.15) is 0 Å². The van der Waals surface area contributed by atoms with Gasteiger partial charge in [0.1, 0.15) is 6.10 Å². The number of benzene rings is 1. The molecule has 0 aliphatic rings. The van der Waals surface area contributed by atoms with E-state index in [1.165, 1.54) is 25.3 Å². The molecule has 0 aromatic heterocycles. The highest BCUT2D eigenvalue weighted by molar-refractivity contribution is 14.0. The minimum atomic E-state index is -0.365. The maximum Gasteiger partial charge on any atom is 0.188 e. The van der Waals surface area contributed by atoms with E-state index in [0.29, 0.717) is 12.5 Å². The highest BCUT2D eigenvalue weighted by Crippen LogP contribution is 2.16. The first-order valence-corrected chi connectivity index (χ1v) is 7.58. The molecule has 0 fully saturated rings. The number of nitrogens with two attached hydrogens (primary N) is 1. The molecule has 0 radical (unpaired) electrons. The second kappa shape index (κ2) is 12.5. The van der Waals surface area contributed by atoms with E-state index >= 15 is 0 Å². The first-order valence-electron chi connectivity index (χ1n) is 7.58. The van der Waals surface area contributed by atoms with E-state index in [2.05, 4.69) is 17.2 Å². The third-order valence-electron chi connectivity index (χ3n) is 3.02. The number of nitrogens with zero attached hydrogens (tertiary/aromatic N) is 1. The summed E-state index contributed by atoms with van der Waals surface area (Å²) in [6, 6.07) is 6.34. The number of rotatable bonds is 9. The van der Waals surface area contributed by atoms with Crippen LogP contribution in [-0.2, 0) is 0 Å². The van der Waals surface area contributed by atoms with Crippen LogP contribution in [0.3, 0.4) is 0 Å². The summed E-state index contributed by atoms with van der Waals surface area (Å²) in [7, 11) is 0. The van der Waals surface area contributed by atoms with Crippen molar-refractivity contribution in [3.63, 3.8) is 0 Å². The molecule has 4 nitrogen and oxygen atoms in total. The van der Waals surface area contributed by atoms with Crippen LogP contribution in [0.1, 0.15) is 39.5 Å². The molecule has 1 unspecified atom stereocenters. The van der Waals surface area contributed by atoms with Crippen molar-refractivity contribution in [3.8, 4) is 5.75 Å². The van der Waals surface area contributed by atoms with Crippen molar-refractivity contribution in [2.24, 2.45) is 10.7 Å². The van der Waals surface area contributed by atoms with Gasteiger partial charge in [-0.15, -0.1) is 24.0 Å². The molecular formula is C16H27FIN3O. The van der Waals surface area contributed by atoms with Gasteiger partial charge in [-0.25, -0.2) is 9.38 Å². The van der Waals surface area contributed by atoms with Gasteiger partial charge in [-0.05, 0) is 25.5 Å².